The molecule has 3 aromatic carbocycles. The number of halogens is 4. The Kier molecular flexibility index (Phi) is 9.48. The van der Waals surface area contributed by atoms with E-state index in [1.807, 2.05) is 67.6 Å². The zero-order chi connectivity index (χ0) is 25.6. The third-order valence-corrected chi connectivity index (χ3v) is 7.35. The number of benzene rings is 3. The van der Waals surface area contributed by atoms with E-state index in [9.17, 15) is 9.59 Å². The van der Waals surface area contributed by atoms with Gasteiger partial charge in [-0.1, -0.05) is 72.6 Å². The van der Waals surface area contributed by atoms with Crippen LogP contribution in [0.4, 0.5) is 5.69 Å². The summed E-state index contributed by atoms with van der Waals surface area (Å²) in [7, 11) is 0. The van der Waals surface area contributed by atoms with Gasteiger partial charge >= 0.3 is 0 Å². The van der Waals surface area contributed by atoms with Crippen LogP contribution in [0.1, 0.15) is 48.8 Å². The number of nitrogens with two attached hydrogens (primary N) is 1. The maximum absolute atomic E-state index is 12.1. The smallest absolute Gasteiger partial charge is 0.237 e. The predicted molar refractivity (Wildman–Crippen MR) is 145 cm³/mol. The van der Waals surface area contributed by atoms with E-state index in [0.29, 0.717) is 35.0 Å². The number of hydrogen-bond acceptors (Lipinski definition) is 3. The highest BCUT2D eigenvalue weighted by atomic mass is 35.5. The third-order valence-electron chi connectivity index (χ3n) is 6.25. The van der Waals surface area contributed by atoms with Gasteiger partial charge in [0, 0.05) is 28.1 Å². The van der Waals surface area contributed by atoms with Crippen molar-refractivity contribution in [2.24, 2.45) is 0 Å². The number of carbonyl (C=O) groups is 2. The molecule has 3 N–H and O–H groups in total. The monoisotopic (exact) mass is 550 g/mol. The van der Waals surface area contributed by atoms with Gasteiger partial charge < -0.3 is 5.73 Å². The largest absolute Gasteiger partial charge is 0.399 e. The molecule has 1 fully saturated rings. The molecular weight excluding hydrogens is 526 g/mol. The van der Waals surface area contributed by atoms with E-state index in [-0.39, 0.29) is 17.7 Å². The Morgan fingerprint density at radius 3 is 2.11 bits per heavy atom. The van der Waals surface area contributed by atoms with E-state index < -0.39 is 10.3 Å². The topological polar surface area (TPSA) is 72.2 Å². The van der Waals surface area contributed by atoms with Crippen molar-refractivity contribution in [3.63, 3.8) is 0 Å². The van der Waals surface area contributed by atoms with Gasteiger partial charge in [0.25, 0.3) is 0 Å². The molecule has 0 aromatic heterocycles. The van der Waals surface area contributed by atoms with Gasteiger partial charge in [0.2, 0.25) is 11.8 Å². The van der Waals surface area contributed by atoms with E-state index in [4.69, 9.17) is 52.1 Å². The van der Waals surface area contributed by atoms with Crippen LogP contribution in [0.2, 0.25) is 10.0 Å². The van der Waals surface area contributed by atoms with Crippen LogP contribution in [-0.4, -0.2) is 16.7 Å². The molecule has 2 amide bonds. The van der Waals surface area contributed by atoms with Crippen molar-refractivity contribution < 1.29 is 9.59 Å². The van der Waals surface area contributed by atoms with Crippen molar-refractivity contribution in [3.8, 4) is 0 Å². The molecule has 184 valence electrons. The molecule has 3 aromatic rings. The third kappa shape index (κ3) is 6.50. The lowest BCUT2D eigenvalue weighted by atomic mass is 9.72. The summed E-state index contributed by atoms with van der Waals surface area (Å²) in [6, 6.07) is 22.3. The second-order valence-electron chi connectivity index (χ2n) is 8.32. The van der Waals surface area contributed by atoms with Crippen molar-refractivity contribution in [1.29, 1.82) is 0 Å². The Labute approximate surface area is 225 Å². The van der Waals surface area contributed by atoms with Gasteiger partial charge in [-0.05, 0) is 59.9 Å². The fraction of sp³-hybridized carbons (Fsp3) is 0.259. The number of piperidine rings is 1. The fourth-order valence-electron chi connectivity index (χ4n) is 4.23. The summed E-state index contributed by atoms with van der Waals surface area (Å²) in [5.74, 6) is -0.546. The number of carbonyl (C=O) groups excluding carboxylic acids is 2. The summed E-state index contributed by atoms with van der Waals surface area (Å²) in [5, 5.41) is 3.76. The molecule has 0 saturated carbocycles. The number of nitrogen functional groups attached to an aromatic ring is 1. The molecule has 0 bridgehead atoms. The Morgan fingerprint density at radius 1 is 0.943 bits per heavy atom. The molecular formula is C27H26Cl4N2O2. The summed E-state index contributed by atoms with van der Waals surface area (Å²) in [6.07, 6.45) is 1.64. The van der Waals surface area contributed by atoms with Crippen molar-refractivity contribution >= 4 is 63.9 Å². The Bertz CT molecular complexity index is 1170. The maximum atomic E-state index is 12.1. The minimum atomic E-state index is -0.582. The molecule has 4 rings (SSSR count). The number of anilines is 1. The number of imide groups is 1. The van der Waals surface area contributed by atoms with E-state index >= 15 is 0 Å². The minimum Gasteiger partial charge on any atom is -0.399 e. The summed E-state index contributed by atoms with van der Waals surface area (Å²) in [5.41, 5.74) is 8.57. The molecule has 1 aliphatic rings. The van der Waals surface area contributed by atoms with Crippen molar-refractivity contribution in [2.75, 3.05) is 5.73 Å². The van der Waals surface area contributed by atoms with Crippen molar-refractivity contribution in [1.82, 2.24) is 5.32 Å². The van der Waals surface area contributed by atoms with E-state index in [0.717, 1.165) is 16.7 Å². The fourth-order valence-corrected chi connectivity index (χ4v) is 5.17. The van der Waals surface area contributed by atoms with E-state index in [1.54, 1.807) is 12.1 Å². The zero-order valence-corrected chi connectivity index (χ0v) is 22.1. The number of nitrogens with one attached hydrogen (secondary N) is 1. The maximum Gasteiger partial charge on any atom is 0.237 e. The molecule has 35 heavy (non-hydrogen) atoms. The highest BCUT2D eigenvalue weighted by Gasteiger charge is 2.42. The number of rotatable bonds is 5. The summed E-state index contributed by atoms with van der Waals surface area (Å²) in [6.45, 7) is 1.96. The molecule has 1 heterocycles. The second kappa shape index (κ2) is 12.1. The molecule has 2 atom stereocenters. The molecule has 0 spiro atoms. The van der Waals surface area contributed by atoms with Gasteiger partial charge in [0.05, 0.1) is 5.41 Å². The lowest BCUT2D eigenvalue weighted by Crippen LogP contribution is -2.51. The van der Waals surface area contributed by atoms with Gasteiger partial charge in [0.1, 0.15) is 4.84 Å². The quantitative estimate of drug-likeness (QED) is 0.199. The lowest BCUT2D eigenvalue weighted by molar-refractivity contribution is -0.138. The second-order valence-corrected chi connectivity index (χ2v) is 10.3. The molecule has 4 nitrogen and oxygen atoms in total. The van der Waals surface area contributed by atoms with Crippen molar-refractivity contribution in [3.05, 3.63) is 99.5 Å². The van der Waals surface area contributed by atoms with Gasteiger partial charge in [-0.25, -0.2) is 0 Å². The molecule has 1 aliphatic heterocycles. The van der Waals surface area contributed by atoms with Gasteiger partial charge in [0.15, 0.2) is 0 Å². The predicted octanol–water partition coefficient (Wildman–Crippen LogP) is 7.28. The average molecular weight is 552 g/mol. The Balaban J connectivity index is 0.000000196. The first-order valence-corrected chi connectivity index (χ1v) is 12.8. The standard InChI is InChI=1S/C14H10Cl4.C13H16N2O2/c15-10-7-5-9(6-8-10)13(14(17)18)11-3-1-2-4-12(11)16;1-2-13(8-7-11(16)15-12(13)17)9-3-5-10(14)6-4-9/h1-8,13-14H;3-6H,2,7-8,14H2,1H3,(H,15,16,17)/t13-;/m0./s1. The van der Waals surface area contributed by atoms with Crippen LogP contribution in [0.25, 0.3) is 0 Å². The number of hydrogen-bond donors (Lipinski definition) is 2. The first-order valence-electron chi connectivity index (χ1n) is 11.2. The first-order chi connectivity index (χ1) is 16.7. The van der Waals surface area contributed by atoms with Crippen LogP contribution >= 0.6 is 46.4 Å². The number of amides is 2. The van der Waals surface area contributed by atoms with E-state index in [2.05, 4.69) is 5.32 Å². The van der Waals surface area contributed by atoms with Gasteiger partial charge in [-0.15, -0.1) is 23.2 Å². The Hall–Kier alpha value is -2.24. The highest BCUT2D eigenvalue weighted by molar-refractivity contribution is 6.45. The molecule has 8 heteroatoms. The van der Waals surface area contributed by atoms with Gasteiger partial charge in [-0.2, -0.15) is 0 Å². The summed E-state index contributed by atoms with van der Waals surface area (Å²) in [4.78, 5) is 22.7. The average Bonchev–Trinajstić information content (AvgIpc) is 2.83. The van der Waals surface area contributed by atoms with Crippen LogP contribution in [0.3, 0.4) is 0 Å². The van der Waals surface area contributed by atoms with Crippen LogP contribution in [-0.2, 0) is 15.0 Å². The minimum absolute atomic E-state index is 0.167. The van der Waals surface area contributed by atoms with Crippen LogP contribution in [0, 0.1) is 0 Å². The van der Waals surface area contributed by atoms with Crippen molar-refractivity contribution in [2.45, 2.75) is 42.4 Å². The molecule has 1 unspecified atom stereocenters. The summed E-state index contributed by atoms with van der Waals surface area (Å²) >= 11 is 24.3. The van der Waals surface area contributed by atoms with Crippen LogP contribution in [0.15, 0.2) is 72.8 Å². The highest BCUT2D eigenvalue weighted by Crippen LogP contribution is 2.38. The summed E-state index contributed by atoms with van der Waals surface area (Å²) < 4.78 is 0. The first kappa shape index (κ1) is 27.3. The molecule has 1 saturated heterocycles. The number of alkyl halides is 2. The zero-order valence-electron chi connectivity index (χ0n) is 19.1. The van der Waals surface area contributed by atoms with Crippen LogP contribution in [0.5, 0.6) is 0 Å². The normalized spacial score (nSPS) is 18.5. The molecule has 0 radical (unpaired) electrons. The Morgan fingerprint density at radius 2 is 1.57 bits per heavy atom. The van der Waals surface area contributed by atoms with Gasteiger partial charge in [-0.3, -0.25) is 14.9 Å². The molecule has 0 aliphatic carbocycles. The van der Waals surface area contributed by atoms with Crippen LogP contribution < -0.4 is 11.1 Å². The lowest BCUT2D eigenvalue weighted by Gasteiger charge is -2.34. The SMILES string of the molecule is CCC1(c2ccc(N)cc2)CCC(=O)NC1=O.Clc1ccc([C@@H](c2ccccc2Cl)C(Cl)Cl)cc1. The van der Waals surface area contributed by atoms with E-state index in [1.165, 1.54) is 0 Å².